The van der Waals surface area contributed by atoms with Crippen LogP contribution in [0.15, 0.2) is 60.9 Å². The van der Waals surface area contributed by atoms with Crippen LogP contribution in [0.2, 0.25) is 0 Å². The molecule has 0 amide bonds. The smallest absolute Gasteiger partial charge is 0.169 e. The van der Waals surface area contributed by atoms with Crippen LogP contribution < -0.4 is 14.2 Å². The second-order valence-corrected chi connectivity index (χ2v) is 12.0. The Morgan fingerprint density at radius 3 is 2.24 bits per heavy atom. The molecule has 3 nitrogen and oxygen atoms in total. The zero-order valence-corrected chi connectivity index (χ0v) is 22.7. The Kier molecular flexibility index (Phi) is 10.3. The second-order valence-electron chi connectivity index (χ2n) is 6.54. The Hall–Kier alpha value is -0.760. The number of rotatable bonds is 9. The van der Waals surface area contributed by atoms with Gasteiger partial charge in [-0.15, -0.1) is 0 Å². The van der Waals surface area contributed by atoms with Crippen LogP contribution in [-0.2, 0) is 0 Å². The summed E-state index contributed by atoms with van der Waals surface area (Å²) < 4.78 is 19.7. The molecule has 2 aromatic carbocycles. The highest BCUT2D eigenvalue weighted by molar-refractivity contribution is 9.28. The van der Waals surface area contributed by atoms with E-state index in [0.29, 0.717) is 24.7 Å². The summed E-state index contributed by atoms with van der Waals surface area (Å²) in [5, 5.41) is 0. The van der Waals surface area contributed by atoms with E-state index in [-0.39, 0.29) is 5.92 Å². The molecule has 29 heavy (non-hydrogen) atoms. The largest absolute Gasteiger partial charge is 0.489 e. The van der Waals surface area contributed by atoms with Crippen molar-refractivity contribution in [3.8, 4) is 23.0 Å². The molecule has 0 bridgehead atoms. The van der Waals surface area contributed by atoms with E-state index in [1.165, 1.54) is 0 Å². The molecular weight excluding hydrogens is 632 g/mol. The molecular formula is C22H22Br4O3. The lowest BCUT2D eigenvalue weighted by atomic mass is 10.0. The maximum atomic E-state index is 6.23. The fourth-order valence-electron chi connectivity index (χ4n) is 2.37. The minimum absolute atomic E-state index is 0.272. The summed E-state index contributed by atoms with van der Waals surface area (Å²) in [6.07, 6.45) is 1.88. The molecule has 2 aromatic rings. The van der Waals surface area contributed by atoms with Gasteiger partial charge in [0.25, 0.3) is 0 Å². The summed E-state index contributed by atoms with van der Waals surface area (Å²) in [5.41, 5.74) is 2.15. The Morgan fingerprint density at radius 2 is 1.62 bits per heavy atom. The third kappa shape index (κ3) is 8.12. The lowest BCUT2D eigenvalue weighted by Gasteiger charge is -2.17. The van der Waals surface area contributed by atoms with Gasteiger partial charge in [-0.3, -0.25) is 0 Å². The number of ether oxygens (including phenoxy) is 3. The standard InChI is InChI=1S/C22H22Br4O3/c1-14(2)17-12-16(28-13-15(3)22(25)26)8-9-18(17)29-20-7-5-4-6-19(20)27-11-10-21(23)24/h4-10,12,14H,11,13H2,1-3H3. The van der Waals surface area contributed by atoms with Crippen molar-refractivity contribution in [3.63, 3.8) is 0 Å². The highest BCUT2D eigenvalue weighted by Crippen LogP contribution is 2.37. The van der Waals surface area contributed by atoms with Gasteiger partial charge in [0.1, 0.15) is 24.7 Å². The Bertz CT molecular complexity index is 883. The monoisotopic (exact) mass is 650 g/mol. The fraction of sp³-hybridized carbons (Fsp3) is 0.273. The minimum atomic E-state index is 0.272. The predicted molar refractivity (Wildman–Crippen MR) is 135 cm³/mol. The highest BCUT2D eigenvalue weighted by Gasteiger charge is 2.13. The summed E-state index contributed by atoms with van der Waals surface area (Å²) >= 11 is 13.5. The van der Waals surface area contributed by atoms with Crippen LogP contribution in [0, 0.1) is 0 Å². The molecule has 2 rings (SSSR count). The van der Waals surface area contributed by atoms with E-state index in [0.717, 1.165) is 29.4 Å². The molecule has 0 aliphatic heterocycles. The van der Waals surface area contributed by atoms with E-state index in [1.807, 2.05) is 55.5 Å². The third-order valence-corrected chi connectivity index (χ3v) is 5.93. The van der Waals surface area contributed by atoms with Gasteiger partial charge in [-0.25, -0.2) is 0 Å². The second kappa shape index (κ2) is 12.2. The first-order valence-electron chi connectivity index (χ1n) is 8.96. The lowest BCUT2D eigenvalue weighted by molar-refractivity contribution is 0.337. The molecule has 0 aliphatic carbocycles. The van der Waals surface area contributed by atoms with Crippen LogP contribution in [0.3, 0.4) is 0 Å². The molecule has 0 aliphatic rings. The normalized spacial score (nSPS) is 10.5. The van der Waals surface area contributed by atoms with Gasteiger partial charge in [-0.05, 0) is 119 Å². The zero-order chi connectivity index (χ0) is 21.4. The maximum Gasteiger partial charge on any atom is 0.169 e. The van der Waals surface area contributed by atoms with Crippen molar-refractivity contribution in [1.82, 2.24) is 0 Å². The molecule has 0 atom stereocenters. The number of hydrogen-bond acceptors (Lipinski definition) is 3. The van der Waals surface area contributed by atoms with Crippen molar-refractivity contribution in [3.05, 3.63) is 66.5 Å². The van der Waals surface area contributed by atoms with Gasteiger partial charge in [0.2, 0.25) is 0 Å². The van der Waals surface area contributed by atoms with Crippen molar-refractivity contribution >= 4 is 63.7 Å². The van der Waals surface area contributed by atoms with E-state index < -0.39 is 0 Å². The molecule has 0 fully saturated rings. The minimum Gasteiger partial charge on any atom is -0.489 e. The SMILES string of the molecule is CC(COc1ccc(Oc2ccccc2OCC=C(Br)Br)c(C(C)C)c1)=C(Br)Br. The summed E-state index contributed by atoms with van der Waals surface area (Å²) in [6, 6.07) is 13.5. The highest BCUT2D eigenvalue weighted by atomic mass is 79.9. The summed E-state index contributed by atoms with van der Waals surface area (Å²) in [4.78, 5) is 0. The van der Waals surface area contributed by atoms with Gasteiger partial charge in [0, 0.05) is 5.56 Å². The van der Waals surface area contributed by atoms with Crippen molar-refractivity contribution in [1.29, 1.82) is 0 Å². The van der Waals surface area contributed by atoms with Gasteiger partial charge in [0.15, 0.2) is 11.5 Å². The molecule has 0 radical (unpaired) electrons. The predicted octanol–water partition coefficient (Wildman–Crippen LogP) is 9.01. The Balaban J connectivity index is 2.22. The maximum absolute atomic E-state index is 6.23. The molecule has 156 valence electrons. The zero-order valence-electron chi connectivity index (χ0n) is 16.3. The van der Waals surface area contributed by atoms with E-state index in [2.05, 4.69) is 77.6 Å². The van der Waals surface area contributed by atoms with Gasteiger partial charge in [-0.2, -0.15) is 0 Å². The Morgan fingerprint density at radius 1 is 0.931 bits per heavy atom. The number of para-hydroxylation sites is 2. The van der Waals surface area contributed by atoms with E-state index >= 15 is 0 Å². The molecule has 0 heterocycles. The van der Waals surface area contributed by atoms with Gasteiger partial charge < -0.3 is 14.2 Å². The van der Waals surface area contributed by atoms with Crippen LogP contribution >= 0.6 is 63.7 Å². The molecule has 0 saturated carbocycles. The van der Waals surface area contributed by atoms with Gasteiger partial charge >= 0.3 is 0 Å². The molecule has 7 heteroatoms. The van der Waals surface area contributed by atoms with Crippen LogP contribution in [0.5, 0.6) is 23.0 Å². The summed E-state index contributed by atoms with van der Waals surface area (Å²) in [7, 11) is 0. The summed E-state index contributed by atoms with van der Waals surface area (Å²) in [5.74, 6) is 3.22. The first-order valence-corrected chi connectivity index (χ1v) is 12.1. The molecule has 0 saturated heterocycles. The molecule has 0 aromatic heterocycles. The summed E-state index contributed by atoms with van der Waals surface area (Å²) in [6.45, 7) is 7.18. The van der Waals surface area contributed by atoms with Crippen LogP contribution in [0.1, 0.15) is 32.3 Å². The van der Waals surface area contributed by atoms with Crippen LogP contribution in [-0.4, -0.2) is 13.2 Å². The number of benzene rings is 2. The third-order valence-electron chi connectivity index (χ3n) is 3.93. The first kappa shape index (κ1) is 24.5. The molecule has 0 N–H and O–H groups in total. The fourth-order valence-corrected chi connectivity index (χ4v) is 2.87. The van der Waals surface area contributed by atoms with E-state index in [1.54, 1.807) is 0 Å². The average molecular weight is 654 g/mol. The Labute approximate surface area is 206 Å². The van der Waals surface area contributed by atoms with Crippen LogP contribution in [0.4, 0.5) is 0 Å². The van der Waals surface area contributed by atoms with Gasteiger partial charge in [-0.1, -0.05) is 26.0 Å². The average Bonchev–Trinajstić information content (AvgIpc) is 2.67. The van der Waals surface area contributed by atoms with Crippen LogP contribution in [0.25, 0.3) is 0 Å². The molecule has 0 spiro atoms. The quantitative estimate of drug-likeness (QED) is 0.270. The van der Waals surface area contributed by atoms with E-state index in [4.69, 9.17) is 14.2 Å². The van der Waals surface area contributed by atoms with Gasteiger partial charge in [0.05, 0.1) is 6.78 Å². The van der Waals surface area contributed by atoms with Crippen molar-refractivity contribution in [2.24, 2.45) is 0 Å². The number of hydrogen-bond donors (Lipinski definition) is 0. The number of halogens is 4. The van der Waals surface area contributed by atoms with Crippen molar-refractivity contribution in [2.75, 3.05) is 13.2 Å². The lowest BCUT2D eigenvalue weighted by Crippen LogP contribution is -2.02. The topological polar surface area (TPSA) is 27.7 Å². The van der Waals surface area contributed by atoms with E-state index in [9.17, 15) is 0 Å². The van der Waals surface area contributed by atoms with Crippen molar-refractivity contribution < 1.29 is 14.2 Å². The first-order chi connectivity index (χ1) is 13.8. The molecule has 0 unspecified atom stereocenters. The van der Waals surface area contributed by atoms with Crippen molar-refractivity contribution in [2.45, 2.75) is 26.7 Å².